The zero-order chi connectivity index (χ0) is 18.1. The van der Waals surface area contributed by atoms with Gasteiger partial charge in [0.05, 0.1) is 12.0 Å². The minimum Gasteiger partial charge on any atom is -0.456 e. The molecule has 5 rings (SSSR count). The largest absolute Gasteiger partial charge is 0.456 e. The van der Waals surface area contributed by atoms with Gasteiger partial charge in [-0.15, -0.1) is 0 Å². The quantitative estimate of drug-likeness (QED) is 0.488. The van der Waals surface area contributed by atoms with E-state index in [0.29, 0.717) is 0 Å². The Morgan fingerprint density at radius 3 is 2.85 bits per heavy atom. The van der Waals surface area contributed by atoms with Gasteiger partial charge in [0.25, 0.3) is 0 Å². The molecule has 0 saturated heterocycles. The van der Waals surface area contributed by atoms with Crippen molar-refractivity contribution in [3.63, 3.8) is 0 Å². The van der Waals surface area contributed by atoms with Crippen molar-refractivity contribution in [2.24, 2.45) is 0 Å². The first-order chi connectivity index (χ1) is 13.4. The second-order valence-corrected chi connectivity index (χ2v) is 6.32. The molecule has 2 N–H and O–H groups in total. The standard InChI is InChI=1S/C21H17N5O/c1-2-6-18-16(4-1)21-15(5-3-7-19(21)27-18)17-10-20(26-13-25-17)23-9-8-14-11-22-12-24-14/h1-7,10-13H,8-9H2,(H,22,24)(H,23,25,26). The summed E-state index contributed by atoms with van der Waals surface area (Å²) in [6, 6.07) is 16.1. The highest BCUT2D eigenvalue weighted by Crippen LogP contribution is 2.35. The summed E-state index contributed by atoms with van der Waals surface area (Å²) in [6.07, 6.45) is 5.96. The second-order valence-electron chi connectivity index (χ2n) is 6.32. The van der Waals surface area contributed by atoms with E-state index in [9.17, 15) is 0 Å². The van der Waals surface area contributed by atoms with Gasteiger partial charge in [0, 0.05) is 47.3 Å². The molecule has 0 radical (unpaired) electrons. The second kappa shape index (κ2) is 6.57. The molecular weight excluding hydrogens is 338 g/mol. The summed E-state index contributed by atoms with van der Waals surface area (Å²) in [5.41, 5.74) is 4.74. The first kappa shape index (κ1) is 15.6. The zero-order valence-corrected chi connectivity index (χ0v) is 14.5. The Morgan fingerprint density at radius 2 is 1.93 bits per heavy atom. The number of H-pyrrole nitrogens is 1. The molecule has 3 heterocycles. The van der Waals surface area contributed by atoms with Crippen LogP contribution in [0, 0.1) is 0 Å². The van der Waals surface area contributed by atoms with Crippen LogP contribution in [0.25, 0.3) is 33.2 Å². The normalized spacial score (nSPS) is 11.3. The minimum absolute atomic E-state index is 0.761. The third kappa shape index (κ3) is 2.91. The third-order valence-electron chi connectivity index (χ3n) is 4.60. The molecule has 0 atom stereocenters. The van der Waals surface area contributed by atoms with Gasteiger partial charge in [0.15, 0.2) is 0 Å². The Labute approximate surface area is 155 Å². The molecule has 0 spiro atoms. The molecule has 6 nitrogen and oxygen atoms in total. The van der Waals surface area contributed by atoms with Crippen molar-refractivity contribution in [3.8, 4) is 11.3 Å². The number of anilines is 1. The molecule has 0 amide bonds. The van der Waals surface area contributed by atoms with E-state index in [4.69, 9.17) is 4.42 Å². The van der Waals surface area contributed by atoms with E-state index in [2.05, 4.69) is 37.4 Å². The average Bonchev–Trinajstić information content (AvgIpc) is 3.35. The lowest BCUT2D eigenvalue weighted by Crippen LogP contribution is -2.06. The molecule has 27 heavy (non-hydrogen) atoms. The van der Waals surface area contributed by atoms with E-state index < -0.39 is 0 Å². The van der Waals surface area contributed by atoms with Crippen LogP contribution in [0.1, 0.15) is 5.69 Å². The van der Waals surface area contributed by atoms with Crippen LogP contribution in [0.2, 0.25) is 0 Å². The summed E-state index contributed by atoms with van der Waals surface area (Å²) < 4.78 is 5.98. The maximum absolute atomic E-state index is 5.98. The van der Waals surface area contributed by atoms with Crippen LogP contribution in [0.3, 0.4) is 0 Å². The molecule has 0 unspecified atom stereocenters. The van der Waals surface area contributed by atoms with Gasteiger partial charge in [-0.05, 0) is 12.1 Å². The fourth-order valence-corrected chi connectivity index (χ4v) is 3.34. The number of rotatable bonds is 5. The molecule has 0 bridgehead atoms. The van der Waals surface area contributed by atoms with Crippen LogP contribution in [0.15, 0.2) is 71.8 Å². The van der Waals surface area contributed by atoms with E-state index in [-0.39, 0.29) is 0 Å². The SMILES string of the molecule is c1ccc2c(c1)oc1cccc(-c3cc(NCCc4cnc[nH]4)ncn3)c12. The number of hydrogen-bond donors (Lipinski definition) is 2. The zero-order valence-electron chi connectivity index (χ0n) is 14.5. The van der Waals surface area contributed by atoms with Crippen LogP contribution >= 0.6 is 0 Å². The van der Waals surface area contributed by atoms with Gasteiger partial charge in [0.2, 0.25) is 0 Å². The first-order valence-electron chi connectivity index (χ1n) is 8.82. The van der Waals surface area contributed by atoms with E-state index >= 15 is 0 Å². The molecule has 5 aromatic rings. The van der Waals surface area contributed by atoms with Gasteiger partial charge < -0.3 is 14.7 Å². The molecule has 3 aromatic heterocycles. The summed E-state index contributed by atoms with van der Waals surface area (Å²) in [4.78, 5) is 16.0. The minimum atomic E-state index is 0.761. The predicted octanol–water partition coefficient (Wildman–Crippen LogP) is 4.42. The Bertz CT molecular complexity index is 1210. The Hall–Kier alpha value is -3.67. The van der Waals surface area contributed by atoms with Gasteiger partial charge in [-0.25, -0.2) is 15.0 Å². The molecular formula is C21H17N5O. The summed E-state index contributed by atoms with van der Waals surface area (Å²) in [5.74, 6) is 0.796. The topological polar surface area (TPSA) is 79.6 Å². The van der Waals surface area contributed by atoms with Crippen LogP contribution in [-0.4, -0.2) is 26.5 Å². The number of furan rings is 1. The smallest absolute Gasteiger partial charge is 0.136 e. The van der Waals surface area contributed by atoms with Crippen LogP contribution in [-0.2, 0) is 6.42 Å². The highest BCUT2D eigenvalue weighted by atomic mass is 16.3. The van der Waals surface area contributed by atoms with Crippen molar-refractivity contribution in [2.45, 2.75) is 6.42 Å². The van der Waals surface area contributed by atoms with E-state index in [1.807, 2.05) is 42.6 Å². The first-order valence-corrected chi connectivity index (χ1v) is 8.82. The summed E-state index contributed by atoms with van der Waals surface area (Å²) in [7, 11) is 0. The number of imidazole rings is 1. The average molecular weight is 355 g/mol. The number of hydrogen-bond acceptors (Lipinski definition) is 5. The van der Waals surface area contributed by atoms with Crippen LogP contribution < -0.4 is 5.32 Å². The van der Waals surface area contributed by atoms with Crippen molar-refractivity contribution in [1.29, 1.82) is 0 Å². The lowest BCUT2D eigenvalue weighted by Gasteiger charge is -2.07. The maximum Gasteiger partial charge on any atom is 0.136 e. The van der Waals surface area contributed by atoms with Crippen molar-refractivity contribution >= 4 is 27.8 Å². The van der Waals surface area contributed by atoms with Gasteiger partial charge in [0.1, 0.15) is 23.3 Å². The third-order valence-corrected chi connectivity index (χ3v) is 4.60. The molecule has 0 aliphatic rings. The number of para-hydroxylation sites is 1. The van der Waals surface area contributed by atoms with Gasteiger partial charge in [-0.1, -0.05) is 30.3 Å². The lowest BCUT2D eigenvalue weighted by molar-refractivity contribution is 0.669. The van der Waals surface area contributed by atoms with Crippen LogP contribution in [0.5, 0.6) is 0 Å². The fourth-order valence-electron chi connectivity index (χ4n) is 3.34. The molecule has 132 valence electrons. The van der Waals surface area contributed by atoms with E-state index in [1.165, 1.54) is 0 Å². The number of nitrogens with zero attached hydrogens (tertiary/aromatic N) is 3. The number of aromatic nitrogens is 4. The molecule has 0 aliphatic carbocycles. The van der Waals surface area contributed by atoms with E-state index in [0.717, 1.165) is 57.7 Å². The highest BCUT2D eigenvalue weighted by molar-refractivity contribution is 6.12. The molecule has 0 fully saturated rings. The van der Waals surface area contributed by atoms with Crippen molar-refractivity contribution in [2.75, 3.05) is 11.9 Å². The molecule has 0 aliphatic heterocycles. The Kier molecular flexibility index (Phi) is 3.79. The predicted molar refractivity (Wildman–Crippen MR) is 106 cm³/mol. The molecule has 6 heteroatoms. The van der Waals surface area contributed by atoms with Crippen LogP contribution in [0.4, 0.5) is 5.82 Å². The number of fused-ring (bicyclic) bond motifs is 3. The summed E-state index contributed by atoms with van der Waals surface area (Å²) >= 11 is 0. The Balaban J connectivity index is 1.49. The Morgan fingerprint density at radius 1 is 1.00 bits per heavy atom. The number of nitrogens with one attached hydrogen (secondary N) is 2. The van der Waals surface area contributed by atoms with Gasteiger partial charge >= 0.3 is 0 Å². The lowest BCUT2D eigenvalue weighted by atomic mass is 10.0. The molecule has 0 saturated carbocycles. The molecule has 2 aromatic carbocycles. The maximum atomic E-state index is 5.98. The van der Waals surface area contributed by atoms with Crippen molar-refractivity contribution < 1.29 is 4.42 Å². The summed E-state index contributed by atoms with van der Waals surface area (Å²) in [6.45, 7) is 0.761. The van der Waals surface area contributed by atoms with Gasteiger partial charge in [-0.3, -0.25) is 0 Å². The summed E-state index contributed by atoms with van der Waals surface area (Å²) in [5, 5.41) is 5.52. The van der Waals surface area contributed by atoms with Crippen molar-refractivity contribution in [1.82, 2.24) is 19.9 Å². The van der Waals surface area contributed by atoms with Crippen molar-refractivity contribution in [3.05, 3.63) is 73.1 Å². The van der Waals surface area contributed by atoms with E-state index in [1.54, 1.807) is 12.7 Å². The monoisotopic (exact) mass is 355 g/mol. The highest BCUT2D eigenvalue weighted by Gasteiger charge is 2.13. The number of aromatic amines is 1. The fraction of sp³-hybridized carbons (Fsp3) is 0.0952. The van der Waals surface area contributed by atoms with Gasteiger partial charge in [-0.2, -0.15) is 0 Å². The number of benzene rings is 2.